The number of carbonyl (C=O) groups excluding carboxylic acids is 2. The van der Waals surface area contributed by atoms with Gasteiger partial charge in [-0.25, -0.2) is 4.98 Å². The van der Waals surface area contributed by atoms with Crippen LogP contribution in [0.2, 0.25) is 0 Å². The van der Waals surface area contributed by atoms with Crippen molar-refractivity contribution in [3.63, 3.8) is 0 Å². The lowest BCUT2D eigenvalue weighted by atomic mass is 9.79. The van der Waals surface area contributed by atoms with Gasteiger partial charge >= 0.3 is 0 Å². The molecule has 2 aliphatic heterocycles. The highest BCUT2D eigenvalue weighted by molar-refractivity contribution is 5.92. The van der Waals surface area contributed by atoms with Crippen molar-refractivity contribution in [1.82, 2.24) is 20.2 Å². The van der Waals surface area contributed by atoms with Crippen LogP contribution < -0.4 is 10.6 Å². The van der Waals surface area contributed by atoms with Gasteiger partial charge in [0.25, 0.3) is 0 Å². The lowest BCUT2D eigenvalue weighted by Crippen LogP contribution is -2.49. The summed E-state index contributed by atoms with van der Waals surface area (Å²) in [5.41, 5.74) is 3.56. The van der Waals surface area contributed by atoms with E-state index in [0.717, 1.165) is 44.3 Å². The molecule has 0 bridgehead atoms. The van der Waals surface area contributed by atoms with E-state index in [1.165, 1.54) is 17.2 Å². The van der Waals surface area contributed by atoms with Crippen LogP contribution >= 0.6 is 0 Å². The monoisotopic (exact) mass is 495 g/mol. The third-order valence-electron chi connectivity index (χ3n) is 8.23. The number of rotatable bonds is 5. The number of nitrogens with zero attached hydrogens (tertiary/aromatic N) is 2. The summed E-state index contributed by atoms with van der Waals surface area (Å²) in [4.78, 5) is 36.1. The van der Waals surface area contributed by atoms with Crippen LogP contribution in [0, 0.1) is 11.8 Å². The molecule has 37 heavy (non-hydrogen) atoms. The summed E-state index contributed by atoms with van der Waals surface area (Å²) in [6.45, 7) is 0.739. The molecule has 1 saturated carbocycles. The second kappa shape index (κ2) is 10.2. The predicted molar refractivity (Wildman–Crippen MR) is 143 cm³/mol. The van der Waals surface area contributed by atoms with Crippen LogP contribution in [0.4, 0.5) is 5.69 Å². The molecule has 5 atom stereocenters. The van der Waals surface area contributed by atoms with Crippen LogP contribution in [-0.4, -0.2) is 39.3 Å². The van der Waals surface area contributed by atoms with Gasteiger partial charge in [-0.1, -0.05) is 61.4 Å². The molecule has 1 aromatic heterocycles. The number of hydrogen-bond acceptors (Lipinski definition) is 4. The second-order valence-corrected chi connectivity index (χ2v) is 10.4. The predicted octanol–water partition coefficient (Wildman–Crippen LogP) is 4.85. The van der Waals surface area contributed by atoms with Crippen molar-refractivity contribution in [2.24, 2.45) is 11.8 Å². The van der Waals surface area contributed by atoms with Crippen LogP contribution in [-0.2, 0) is 9.59 Å². The van der Waals surface area contributed by atoms with Crippen molar-refractivity contribution >= 4 is 23.6 Å². The Morgan fingerprint density at radius 3 is 2.65 bits per heavy atom. The Labute approximate surface area is 217 Å². The van der Waals surface area contributed by atoms with E-state index in [2.05, 4.69) is 74.0 Å². The first-order valence-corrected chi connectivity index (χ1v) is 13.4. The average molecular weight is 496 g/mol. The smallest absolute Gasteiger partial charge is 0.244 e. The Kier molecular flexibility index (Phi) is 6.51. The first-order chi connectivity index (χ1) is 18.2. The fourth-order valence-electron chi connectivity index (χ4n) is 6.53. The largest absolute Gasteiger partial charge is 0.378 e. The molecule has 2 aromatic carbocycles. The van der Waals surface area contributed by atoms with Crippen LogP contribution in [0.3, 0.4) is 0 Å². The normalized spacial score (nSPS) is 26.8. The number of amides is 2. The number of para-hydroxylation sites is 1. The second-order valence-electron chi connectivity index (χ2n) is 10.4. The van der Waals surface area contributed by atoms with E-state index in [-0.39, 0.29) is 35.9 Å². The van der Waals surface area contributed by atoms with Gasteiger partial charge in [0.1, 0.15) is 5.82 Å². The quantitative estimate of drug-likeness (QED) is 0.441. The number of anilines is 1. The first kappa shape index (κ1) is 23.5. The van der Waals surface area contributed by atoms with Crippen molar-refractivity contribution in [2.45, 2.75) is 50.2 Å². The highest BCUT2D eigenvalue weighted by Gasteiger charge is 2.48. The number of benzene rings is 2. The molecule has 3 aliphatic rings. The maximum Gasteiger partial charge on any atom is 0.244 e. The van der Waals surface area contributed by atoms with Gasteiger partial charge < -0.3 is 20.5 Å². The molecular formula is C30H33N5O2. The zero-order valence-corrected chi connectivity index (χ0v) is 20.8. The first-order valence-electron chi connectivity index (χ1n) is 13.4. The third kappa shape index (κ3) is 4.66. The van der Waals surface area contributed by atoms with Crippen LogP contribution in [0.15, 0.2) is 73.1 Å². The summed E-state index contributed by atoms with van der Waals surface area (Å²) < 4.78 is 0. The van der Waals surface area contributed by atoms with Crippen molar-refractivity contribution in [3.05, 3.63) is 90.0 Å². The minimum atomic E-state index is -0.203. The number of nitrogens with one attached hydrogen (secondary N) is 3. The Bertz CT molecular complexity index is 1270. The number of likely N-dealkylation sites (tertiary alicyclic amines) is 1. The Hall–Kier alpha value is -3.87. The number of imidazole rings is 1. The standard InChI is InChI=1S/C30H33N5O2/c36-27(15-14-26-31-17-18-32-26)33-25-13-7-5-11-22(25)30(37)35-19-16-23-28(20-8-2-1-3-9-20)34-24-12-6-4-10-21(24)29(23)35/h1-4,6,8-10,12,14-15,17-18,22-23,25,28-29,34H,5,7,11,13,16,19H2,(H,31,32)(H,33,36)/t22-,23+,25+,28-,29-/m0/s1. The molecule has 0 spiro atoms. The van der Waals surface area contributed by atoms with Gasteiger partial charge in [-0.05, 0) is 42.5 Å². The summed E-state index contributed by atoms with van der Waals surface area (Å²) >= 11 is 0. The maximum atomic E-state index is 14.2. The molecule has 7 heteroatoms. The van der Waals surface area contributed by atoms with Gasteiger partial charge in [0.2, 0.25) is 11.8 Å². The lowest BCUT2D eigenvalue weighted by Gasteiger charge is -2.42. The zero-order valence-electron chi connectivity index (χ0n) is 20.8. The van der Waals surface area contributed by atoms with Crippen LogP contribution in [0.5, 0.6) is 0 Å². The maximum absolute atomic E-state index is 14.2. The van der Waals surface area contributed by atoms with Crippen molar-refractivity contribution in [2.75, 3.05) is 11.9 Å². The van der Waals surface area contributed by atoms with Crippen LogP contribution in [0.1, 0.15) is 61.1 Å². The number of aromatic nitrogens is 2. The van der Waals surface area contributed by atoms with E-state index in [4.69, 9.17) is 0 Å². The van der Waals surface area contributed by atoms with E-state index >= 15 is 0 Å². The van der Waals surface area contributed by atoms with E-state index in [9.17, 15) is 9.59 Å². The number of H-pyrrole nitrogens is 1. The SMILES string of the molecule is O=C(C=Cc1ncc[nH]1)N[C@@H]1CCCC[C@@H]1C(=O)N1CC[C@@H]2[C@H](c3ccccc3)Nc3ccccc3[C@@H]21. The summed E-state index contributed by atoms with van der Waals surface area (Å²) in [5.74, 6) is 0.722. The highest BCUT2D eigenvalue weighted by Crippen LogP contribution is 2.51. The molecule has 0 radical (unpaired) electrons. The van der Waals surface area contributed by atoms with Gasteiger partial charge in [-0.15, -0.1) is 0 Å². The summed E-state index contributed by atoms with van der Waals surface area (Å²) in [7, 11) is 0. The Morgan fingerprint density at radius 2 is 1.81 bits per heavy atom. The van der Waals surface area contributed by atoms with Gasteiger partial charge in [0.15, 0.2) is 0 Å². The minimum absolute atomic E-state index is 0.0345. The van der Waals surface area contributed by atoms with Crippen LogP contribution in [0.25, 0.3) is 6.08 Å². The van der Waals surface area contributed by atoms with E-state index < -0.39 is 0 Å². The van der Waals surface area contributed by atoms with E-state index in [1.807, 2.05) is 6.07 Å². The number of fused-ring (bicyclic) bond motifs is 3. The molecular weight excluding hydrogens is 462 g/mol. The molecule has 3 aromatic rings. The fourth-order valence-corrected chi connectivity index (χ4v) is 6.53. The molecule has 3 heterocycles. The number of carbonyl (C=O) groups is 2. The molecule has 2 amide bonds. The van der Waals surface area contributed by atoms with Gasteiger partial charge in [0.05, 0.1) is 18.0 Å². The van der Waals surface area contributed by atoms with Gasteiger partial charge in [-0.3, -0.25) is 9.59 Å². The van der Waals surface area contributed by atoms with E-state index in [1.54, 1.807) is 18.5 Å². The molecule has 1 saturated heterocycles. The summed E-state index contributed by atoms with van der Waals surface area (Å²) in [6.07, 6.45) is 11.1. The molecule has 6 rings (SSSR count). The number of hydrogen-bond donors (Lipinski definition) is 3. The van der Waals surface area contributed by atoms with Gasteiger partial charge in [-0.2, -0.15) is 0 Å². The topological polar surface area (TPSA) is 90.1 Å². The lowest BCUT2D eigenvalue weighted by molar-refractivity contribution is -0.139. The third-order valence-corrected chi connectivity index (χ3v) is 8.23. The minimum Gasteiger partial charge on any atom is -0.378 e. The zero-order chi connectivity index (χ0) is 25.2. The molecule has 7 nitrogen and oxygen atoms in total. The number of aromatic amines is 1. The van der Waals surface area contributed by atoms with E-state index in [0.29, 0.717) is 11.7 Å². The molecule has 3 N–H and O–H groups in total. The Morgan fingerprint density at radius 1 is 1.00 bits per heavy atom. The molecule has 190 valence electrons. The molecule has 2 fully saturated rings. The Balaban J connectivity index is 1.24. The van der Waals surface area contributed by atoms with Crippen molar-refractivity contribution in [1.29, 1.82) is 0 Å². The summed E-state index contributed by atoms with van der Waals surface area (Å²) in [5, 5.41) is 6.91. The van der Waals surface area contributed by atoms with Gasteiger partial charge in [0, 0.05) is 42.7 Å². The summed E-state index contributed by atoms with van der Waals surface area (Å²) in [6, 6.07) is 19.0. The molecule has 0 unspecified atom stereocenters. The molecule has 1 aliphatic carbocycles. The van der Waals surface area contributed by atoms with Crippen molar-refractivity contribution < 1.29 is 9.59 Å². The highest BCUT2D eigenvalue weighted by atomic mass is 16.2. The average Bonchev–Trinajstić information content (AvgIpc) is 3.63. The fraction of sp³-hybridized carbons (Fsp3) is 0.367. The van der Waals surface area contributed by atoms with Crippen molar-refractivity contribution in [3.8, 4) is 0 Å².